The molecule has 1 aromatic heterocycles. The monoisotopic (exact) mass is 468 g/mol. The Labute approximate surface area is 195 Å². The van der Waals surface area contributed by atoms with E-state index >= 15 is 0 Å². The van der Waals surface area contributed by atoms with Gasteiger partial charge in [-0.05, 0) is 62.2 Å². The molecule has 2 aromatic carbocycles. The lowest BCUT2D eigenvalue weighted by Gasteiger charge is -2.34. The van der Waals surface area contributed by atoms with Gasteiger partial charge >= 0.3 is 0 Å². The highest BCUT2D eigenvalue weighted by Crippen LogP contribution is 2.35. The van der Waals surface area contributed by atoms with Gasteiger partial charge < -0.3 is 21.1 Å². The fourth-order valence-electron chi connectivity index (χ4n) is 3.96. The van der Waals surface area contributed by atoms with E-state index in [0.717, 1.165) is 12.8 Å². The number of aromatic nitrogens is 2. The van der Waals surface area contributed by atoms with E-state index in [1.165, 1.54) is 18.2 Å². The molecule has 2 atom stereocenters. The van der Waals surface area contributed by atoms with Crippen LogP contribution >= 0.6 is 11.6 Å². The lowest BCUT2D eigenvalue weighted by atomic mass is 10.00. The quantitative estimate of drug-likeness (QED) is 0.537. The first-order valence-electron chi connectivity index (χ1n) is 10.4. The molecule has 1 aliphatic heterocycles. The van der Waals surface area contributed by atoms with E-state index in [-0.39, 0.29) is 28.5 Å². The van der Waals surface area contributed by atoms with Crippen molar-refractivity contribution >= 4 is 23.3 Å². The van der Waals surface area contributed by atoms with Crippen LogP contribution in [0.3, 0.4) is 0 Å². The smallest absolute Gasteiger partial charge is 0.254 e. The lowest BCUT2D eigenvalue weighted by molar-refractivity contribution is 0.100. The molecule has 1 saturated heterocycles. The minimum absolute atomic E-state index is 0.132. The molecule has 0 aliphatic carbocycles. The summed E-state index contributed by atoms with van der Waals surface area (Å²) in [5.41, 5.74) is 13.0. The third-order valence-corrected chi connectivity index (χ3v) is 6.07. The van der Waals surface area contributed by atoms with Gasteiger partial charge in [-0.15, -0.1) is 0 Å². The first-order valence-corrected chi connectivity index (χ1v) is 10.7. The summed E-state index contributed by atoms with van der Waals surface area (Å²) in [6, 6.07) is 10.6. The molecule has 0 spiro atoms. The number of nitrogens with zero attached hydrogens (tertiary/aromatic N) is 4. The van der Waals surface area contributed by atoms with Crippen LogP contribution in [0.15, 0.2) is 42.5 Å². The summed E-state index contributed by atoms with van der Waals surface area (Å²) in [6.07, 6.45) is 3.77. The van der Waals surface area contributed by atoms with Crippen molar-refractivity contribution in [1.82, 2.24) is 14.7 Å². The van der Waals surface area contributed by atoms with Gasteiger partial charge in [-0.25, -0.2) is 9.07 Å². The average Bonchev–Trinajstić information content (AvgIpc) is 3.14. The lowest BCUT2D eigenvalue weighted by Crippen LogP contribution is -2.39. The van der Waals surface area contributed by atoms with E-state index in [1.807, 2.05) is 6.92 Å². The first-order chi connectivity index (χ1) is 15.8. The van der Waals surface area contributed by atoms with Crippen molar-refractivity contribution in [1.29, 1.82) is 5.26 Å². The number of anilines is 1. The van der Waals surface area contributed by atoms with Gasteiger partial charge in [0.15, 0.2) is 6.19 Å². The summed E-state index contributed by atoms with van der Waals surface area (Å²) in [6.45, 7) is 2.45. The van der Waals surface area contributed by atoms with Gasteiger partial charge in [0.1, 0.15) is 34.4 Å². The number of nitriles is 1. The fraction of sp³-hybridized carbons (Fsp3) is 0.261. The van der Waals surface area contributed by atoms with Crippen LogP contribution in [0.2, 0.25) is 5.02 Å². The van der Waals surface area contributed by atoms with E-state index in [1.54, 1.807) is 33.8 Å². The standard InChI is InChI=1S/C23H22ClFN6O2/c1-13-2-6-16(11-30(13)12-26)31-22(27)20(23(28)32)21(29-31)14-3-7-17(8-4-14)33-19-9-5-15(25)10-18(19)24/h3-5,7-10,13,16H,2,6,11,27H2,1H3,(H2,28,32). The maximum absolute atomic E-state index is 13.2. The number of halogens is 2. The Morgan fingerprint density at radius 2 is 2.00 bits per heavy atom. The second-order valence-electron chi connectivity index (χ2n) is 7.95. The van der Waals surface area contributed by atoms with Crippen LogP contribution in [0.5, 0.6) is 11.5 Å². The molecule has 1 fully saturated rings. The molecular formula is C23H22ClFN6O2. The van der Waals surface area contributed by atoms with E-state index in [0.29, 0.717) is 29.3 Å². The second-order valence-corrected chi connectivity index (χ2v) is 8.36. The maximum atomic E-state index is 13.2. The molecule has 8 nitrogen and oxygen atoms in total. The number of hydrogen-bond donors (Lipinski definition) is 2. The molecule has 10 heteroatoms. The molecule has 4 rings (SSSR count). The number of amides is 1. The molecule has 0 saturated carbocycles. The molecule has 170 valence electrons. The Hall–Kier alpha value is -3.77. The predicted octanol–water partition coefficient (Wildman–Crippen LogP) is 4.32. The number of nitrogen functional groups attached to an aromatic ring is 1. The van der Waals surface area contributed by atoms with Crippen LogP contribution in [-0.2, 0) is 0 Å². The number of hydrogen-bond acceptors (Lipinski definition) is 6. The van der Waals surface area contributed by atoms with Crippen molar-refractivity contribution < 1.29 is 13.9 Å². The van der Waals surface area contributed by atoms with Gasteiger partial charge in [0, 0.05) is 11.6 Å². The zero-order valence-electron chi connectivity index (χ0n) is 17.8. The molecular weight excluding hydrogens is 447 g/mol. The van der Waals surface area contributed by atoms with Crippen molar-refractivity contribution in [3.05, 3.63) is 58.9 Å². The second kappa shape index (κ2) is 9.00. The number of carbonyl (C=O) groups excluding carboxylic acids is 1. The average molecular weight is 469 g/mol. The highest BCUT2D eigenvalue weighted by molar-refractivity contribution is 6.32. The maximum Gasteiger partial charge on any atom is 0.254 e. The van der Waals surface area contributed by atoms with Gasteiger partial charge in [0.25, 0.3) is 5.91 Å². The Morgan fingerprint density at radius 1 is 1.27 bits per heavy atom. The van der Waals surface area contributed by atoms with Crippen molar-refractivity contribution in [3.8, 4) is 28.9 Å². The van der Waals surface area contributed by atoms with Crippen LogP contribution in [0.25, 0.3) is 11.3 Å². The molecule has 2 heterocycles. The van der Waals surface area contributed by atoms with Crippen LogP contribution < -0.4 is 16.2 Å². The van der Waals surface area contributed by atoms with Gasteiger partial charge in [-0.2, -0.15) is 10.4 Å². The summed E-state index contributed by atoms with van der Waals surface area (Å²) in [5.74, 6) is -0.195. The van der Waals surface area contributed by atoms with E-state index in [4.69, 9.17) is 27.8 Å². The topological polar surface area (TPSA) is 123 Å². The SMILES string of the molecule is CC1CCC(n2nc(-c3ccc(Oc4ccc(F)cc4Cl)cc3)c(C(N)=O)c2N)CN1C#N. The van der Waals surface area contributed by atoms with Crippen molar-refractivity contribution in [3.63, 3.8) is 0 Å². The summed E-state index contributed by atoms with van der Waals surface area (Å²) in [5, 5.41) is 14.1. The van der Waals surface area contributed by atoms with Crippen LogP contribution in [0, 0.1) is 17.3 Å². The Balaban J connectivity index is 1.64. The van der Waals surface area contributed by atoms with Crippen LogP contribution in [0.1, 0.15) is 36.2 Å². The summed E-state index contributed by atoms with van der Waals surface area (Å²) in [7, 11) is 0. The molecule has 33 heavy (non-hydrogen) atoms. The number of likely N-dealkylation sites (tertiary alicyclic amines) is 1. The molecule has 1 amide bonds. The Kier molecular flexibility index (Phi) is 6.11. The minimum atomic E-state index is -0.687. The Morgan fingerprint density at radius 3 is 2.64 bits per heavy atom. The zero-order valence-corrected chi connectivity index (χ0v) is 18.6. The third-order valence-electron chi connectivity index (χ3n) is 5.77. The molecule has 4 N–H and O–H groups in total. The Bertz CT molecular complexity index is 1240. The minimum Gasteiger partial charge on any atom is -0.456 e. The number of nitrogens with two attached hydrogens (primary N) is 2. The molecule has 0 bridgehead atoms. The van der Waals surface area contributed by atoms with E-state index in [2.05, 4.69) is 11.3 Å². The summed E-state index contributed by atoms with van der Waals surface area (Å²) < 4.78 is 20.6. The number of piperidine rings is 1. The highest BCUT2D eigenvalue weighted by Gasteiger charge is 2.30. The van der Waals surface area contributed by atoms with Gasteiger partial charge in [0.2, 0.25) is 0 Å². The van der Waals surface area contributed by atoms with Gasteiger partial charge in [-0.3, -0.25) is 4.79 Å². The number of rotatable bonds is 5. The molecule has 2 unspecified atom stereocenters. The summed E-state index contributed by atoms with van der Waals surface area (Å²) in [4.78, 5) is 13.9. The molecule has 1 aliphatic rings. The van der Waals surface area contributed by atoms with E-state index in [9.17, 15) is 14.4 Å². The van der Waals surface area contributed by atoms with Gasteiger partial charge in [-0.1, -0.05) is 11.6 Å². The number of benzene rings is 2. The number of primary amides is 1. The number of ether oxygens (including phenoxy) is 1. The third kappa shape index (κ3) is 4.43. The number of carbonyl (C=O) groups is 1. The fourth-order valence-corrected chi connectivity index (χ4v) is 4.17. The van der Waals surface area contributed by atoms with Crippen molar-refractivity contribution in [2.75, 3.05) is 12.3 Å². The van der Waals surface area contributed by atoms with Crippen molar-refractivity contribution in [2.45, 2.75) is 31.8 Å². The largest absolute Gasteiger partial charge is 0.456 e. The van der Waals surface area contributed by atoms with Crippen LogP contribution in [-0.4, -0.2) is 33.2 Å². The zero-order chi connectivity index (χ0) is 23.7. The highest BCUT2D eigenvalue weighted by atomic mass is 35.5. The van der Waals surface area contributed by atoms with Crippen molar-refractivity contribution in [2.24, 2.45) is 5.73 Å². The van der Waals surface area contributed by atoms with Gasteiger partial charge in [0.05, 0.1) is 17.6 Å². The molecule has 3 aromatic rings. The van der Waals surface area contributed by atoms with E-state index < -0.39 is 11.7 Å². The van der Waals surface area contributed by atoms with Crippen LogP contribution in [0.4, 0.5) is 10.2 Å². The molecule has 0 radical (unpaired) electrons. The first kappa shape index (κ1) is 22.4. The normalized spacial score (nSPS) is 18.1. The summed E-state index contributed by atoms with van der Waals surface area (Å²) >= 11 is 6.02. The predicted molar refractivity (Wildman–Crippen MR) is 122 cm³/mol.